The van der Waals surface area contributed by atoms with Crippen molar-refractivity contribution in [3.05, 3.63) is 24.3 Å². The average Bonchev–Trinajstić information content (AvgIpc) is 2.38. The Bertz CT molecular complexity index is 324. The molecule has 1 aromatic carbocycles. The van der Waals surface area contributed by atoms with Gasteiger partial charge in [-0.2, -0.15) is 0 Å². The summed E-state index contributed by atoms with van der Waals surface area (Å²) in [6.07, 6.45) is 0. The molecule has 0 aliphatic heterocycles. The number of anilines is 1. The molecule has 0 radical (unpaired) electrons. The van der Waals surface area contributed by atoms with E-state index in [1.807, 2.05) is 12.1 Å². The van der Waals surface area contributed by atoms with Crippen LogP contribution in [0.4, 0.5) is 5.69 Å². The van der Waals surface area contributed by atoms with Crippen LogP contribution in [0.1, 0.15) is 0 Å². The lowest BCUT2D eigenvalue weighted by Crippen LogP contribution is -2.33. The Hall–Kier alpha value is -1.26. The van der Waals surface area contributed by atoms with Gasteiger partial charge in [0, 0.05) is 38.9 Å². The Morgan fingerprint density at radius 3 is 2.17 bits per heavy atom. The molecule has 1 aromatic rings. The highest BCUT2D eigenvalue weighted by atomic mass is 16.5. The van der Waals surface area contributed by atoms with Crippen molar-refractivity contribution in [1.29, 1.82) is 0 Å². The van der Waals surface area contributed by atoms with E-state index >= 15 is 0 Å². The minimum Gasteiger partial charge on any atom is -0.497 e. The van der Waals surface area contributed by atoms with Gasteiger partial charge in [-0.15, -0.1) is 0 Å². The van der Waals surface area contributed by atoms with E-state index in [4.69, 9.17) is 4.74 Å². The Kier molecular flexibility index (Phi) is 6.54. The zero-order chi connectivity index (χ0) is 13.4. The van der Waals surface area contributed by atoms with Crippen LogP contribution < -0.4 is 15.0 Å². The quantitative estimate of drug-likeness (QED) is 0.705. The van der Waals surface area contributed by atoms with Crippen LogP contribution in [0.2, 0.25) is 0 Å². The number of methoxy groups -OCH3 is 1. The maximum absolute atomic E-state index is 5.15. The van der Waals surface area contributed by atoms with E-state index in [0.717, 1.165) is 31.9 Å². The fraction of sp³-hybridized carbons (Fsp3) is 0.571. The number of likely N-dealkylation sites (N-methyl/N-ethyl adjacent to an activating group) is 2. The van der Waals surface area contributed by atoms with Crippen LogP contribution in [0.25, 0.3) is 0 Å². The zero-order valence-corrected chi connectivity index (χ0v) is 11.9. The number of nitrogens with zero attached hydrogens (tertiary/aromatic N) is 2. The van der Waals surface area contributed by atoms with E-state index in [1.165, 1.54) is 5.69 Å². The highest BCUT2D eigenvalue weighted by molar-refractivity contribution is 5.48. The van der Waals surface area contributed by atoms with E-state index in [-0.39, 0.29) is 0 Å². The molecule has 102 valence electrons. The van der Waals surface area contributed by atoms with Gasteiger partial charge in [0.25, 0.3) is 0 Å². The number of rotatable bonds is 8. The summed E-state index contributed by atoms with van der Waals surface area (Å²) in [6, 6.07) is 8.15. The molecule has 0 aromatic heterocycles. The molecule has 0 saturated heterocycles. The third-order valence-corrected chi connectivity index (χ3v) is 2.87. The second-order valence-electron chi connectivity index (χ2n) is 4.67. The lowest BCUT2D eigenvalue weighted by Gasteiger charge is -2.20. The molecule has 4 nitrogen and oxygen atoms in total. The Balaban J connectivity index is 2.25. The summed E-state index contributed by atoms with van der Waals surface area (Å²) < 4.78 is 5.15. The van der Waals surface area contributed by atoms with Crippen molar-refractivity contribution in [3.8, 4) is 5.75 Å². The molecule has 4 heteroatoms. The van der Waals surface area contributed by atoms with Crippen LogP contribution in [0, 0.1) is 0 Å². The van der Waals surface area contributed by atoms with Gasteiger partial charge >= 0.3 is 0 Å². The molecular weight excluding hydrogens is 226 g/mol. The van der Waals surface area contributed by atoms with Gasteiger partial charge < -0.3 is 19.9 Å². The van der Waals surface area contributed by atoms with Crippen molar-refractivity contribution in [2.45, 2.75) is 0 Å². The first-order valence-electron chi connectivity index (χ1n) is 6.34. The summed E-state index contributed by atoms with van der Waals surface area (Å²) in [7, 11) is 7.97. The normalized spacial score (nSPS) is 10.7. The van der Waals surface area contributed by atoms with E-state index in [2.05, 4.69) is 48.4 Å². The van der Waals surface area contributed by atoms with Gasteiger partial charge in [0.15, 0.2) is 0 Å². The van der Waals surface area contributed by atoms with Gasteiger partial charge in [-0.25, -0.2) is 0 Å². The smallest absolute Gasteiger partial charge is 0.119 e. The highest BCUT2D eigenvalue weighted by Crippen LogP contribution is 2.17. The number of hydrogen-bond acceptors (Lipinski definition) is 4. The van der Waals surface area contributed by atoms with Crippen LogP contribution in [-0.2, 0) is 0 Å². The minimum absolute atomic E-state index is 0.899. The molecule has 0 spiro atoms. The van der Waals surface area contributed by atoms with Crippen LogP contribution in [0.15, 0.2) is 24.3 Å². The third-order valence-electron chi connectivity index (χ3n) is 2.87. The van der Waals surface area contributed by atoms with Crippen molar-refractivity contribution >= 4 is 5.69 Å². The van der Waals surface area contributed by atoms with Crippen molar-refractivity contribution in [3.63, 3.8) is 0 Å². The Morgan fingerprint density at radius 1 is 1.00 bits per heavy atom. The lowest BCUT2D eigenvalue weighted by molar-refractivity contribution is 0.401. The van der Waals surface area contributed by atoms with Gasteiger partial charge in [-0.3, -0.25) is 0 Å². The largest absolute Gasteiger partial charge is 0.497 e. The van der Waals surface area contributed by atoms with Crippen molar-refractivity contribution in [2.24, 2.45) is 0 Å². The van der Waals surface area contributed by atoms with Gasteiger partial charge in [0.2, 0.25) is 0 Å². The van der Waals surface area contributed by atoms with E-state index in [9.17, 15) is 0 Å². The minimum atomic E-state index is 0.899. The summed E-state index contributed by atoms with van der Waals surface area (Å²) in [6.45, 7) is 4.10. The molecule has 0 unspecified atom stereocenters. The first kappa shape index (κ1) is 14.8. The predicted octanol–water partition coefficient (Wildman–Crippen LogP) is 1.28. The molecule has 0 saturated carbocycles. The number of benzene rings is 1. The molecule has 0 fully saturated rings. The Labute approximate surface area is 111 Å². The van der Waals surface area contributed by atoms with Gasteiger partial charge in [-0.1, -0.05) is 0 Å². The fourth-order valence-corrected chi connectivity index (χ4v) is 1.64. The monoisotopic (exact) mass is 251 g/mol. The predicted molar refractivity (Wildman–Crippen MR) is 77.7 cm³/mol. The van der Waals surface area contributed by atoms with Crippen LogP contribution in [-0.4, -0.2) is 59.3 Å². The van der Waals surface area contributed by atoms with Gasteiger partial charge in [-0.05, 0) is 38.4 Å². The first-order chi connectivity index (χ1) is 8.63. The molecule has 1 N–H and O–H groups in total. The van der Waals surface area contributed by atoms with Crippen LogP contribution in [0.3, 0.4) is 0 Å². The third kappa shape index (κ3) is 5.38. The summed E-state index contributed by atoms with van der Waals surface area (Å²) in [5.41, 5.74) is 1.21. The van der Waals surface area contributed by atoms with Gasteiger partial charge in [0.05, 0.1) is 7.11 Å². The molecule has 0 amide bonds. The molecule has 0 aliphatic rings. The molecule has 0 heterocycles. The van der Waals surface area contributed by atoms with Crippen LogP contribution >= 0.6 is 0 Å². The summed E-state index contributed by atoms with van der Waals surface area (Å²) in [5.74, 6) is 0.899. The zero-order valence-electron chi connectivity index (χ0n) is 11.9. The number of hydrogen-bond donors (Lipinski definition) is 1. The second-order valence-corrected chi connectivity index (χ2v) is 4.67. The van der Waals surface area contributed by atoms with E-state index in [1.54, 1.807) is 7.11 Å². The summed E-state index contributed by atoms with van der Waals surface area (Å²) >= 11 is 0. The first-order valence-corrected chi connectivity index (χ1v) is 6.34. The van der Waals surface area contributed by atoms with Crippen molar-refractivity contribution < 1.29 is 4.74 Å². The summed E-state index contributed by atoms with van der Waals surface area (Å²) in [4.78, 5) is 4.42. The fourth-order valence-electron chi connectivity index (χ4n) is 1.64. The second kappa shape index (κ2) is 7.95. The van der Waals surface area contributed by atoms with Crippen LogP contribution in [0.5, 0.6) is 5.75 Å². The molecule has 0 atom stereocenters. The van der Waals surface area contributed by atoms with E-state index < -0.39 is 0 Å². The highest BCUT2D eigenvalue weighted by Gasteiger charge is 2.00. The van der Waals surface area contributed by atoms with Crippen molar-refractivity contribution in [1.82, 2.24) is 10.2 Å². The standard InChI is InChI=1S/C14H25N3O/c1-16(2)11-9-15-10-12-17(3)13-5-7-14(18-4)8-6-13/h5-8,15H,9-12H2,1-4H3. The maximum atomic E-state index is 5.15. The number of nitrogens with one attached hydrogen (secondary N) is 1. The SMILES string of the molecule is COc1ccc(N(C)CCNCCN(C)C)cc1. The number of ether oxygens (including phenoxy) is 1. The summed E-state index contributed by atoms with van der Waals surface area (Å²) in [5, 5.41) is 3.43. The molecular formula is C14H25N3O. The Morgan fingerprint density at radius 2 is 1.61 bits per heavy atom. The maximum Gasteiger partial charge on any atom is 0.119 e. The molecule has 0 bridgehead atoms. The molecule has 18 heavy (non-hydrogen) atoms. The van der Waals surface area contributed by atoms with Crippen molar-refractivity contribution in [2.75, 3.05) is 59.3 Å². The van der Waals surface area contributed by atoms with E-state index in [0.29, 0.717) is 0 Å². The molecule has 0 aliphatic carbocycles. The topological polar surface area (TPSA) is 27.7 Å². The average molecular weight is 251 g/mol. The van der Waals surface area contributed by atoms with Gasteiger partial charge in [0.1, 0.15) is 5.75 Å². The molecule has 1 rings (SSSR count). The lowest BCUT2D eigenvalue weighted by atomic mass is 10.3.